The molecular weight excluding hydrogens is 493 g/mol. The predicted molar refractivity (Wildman–Crippen MR) is 80.1 cm³/mol. The van der Waals surface area contributed by atoms with E-state index in [0.717, 1.165) is 0 Å². The quantitative estimate of drug-likeness (QED) is 0.0804. The van der Waals surface area contributed by atoms with Crippen molar-refractivity contribution in [2.45, 2.75) is 24.0 Å². The van der Waals surface area contributed by atoms with Crippen LogP contribution in [0.1, 0.15) is 0 Å². The van der Waals surface area contributed by atoms with Crippen LogP contribution in [0.2, 0.25) is 0 Å². The highest BCUT2D eigenvalue weighted by molar-refractivity contribution is 5.73. The van der Waals surface area contributed by atoms with E-state index in [9.17, 15) is 78.7 Å². The Hall–Kier alpha value is -4.42. The van der Waals surface area contributed by atoms with Crippen molar-refractivity contribution in [3.8, 4) is 0 Å². The Balaban J connectivity index is 5.84. The highest BCUT2D eigenvalue weighted by atomic mass is 19.2. The van der Waals surface area contributed by atoms with Crippen LogP contribution in [-0.4, -0.2) is 79.4 Å². The molecule has 0 aromatic rings. The van der Waals surface area contributed by atoms with E-state index in [1.54, 1.807) is 0 Å². The monoisotopic (exact) mass is 500 g/mol. The standard InChI is InChI=1S/C8H7F3N6O16/c9-6(12(19)20,13(21)22)1-31-4(18)5(32-2-7(10,14(23)24)15(25)26)33-3-8(11,16(27)28)17(29)30/h5H,1-3H2. The predicted octanol–water partition coefficient (Wildman–Crippen LogP) is -1.58. The summed E-state index contributed by atoms with van der Waals surface area (Å²) in [5, 5.41) is 62.6. The number of hydrogen-bond donors (Lipinski definition) is 0. The highest BCUT2D eigenvalue weighted by Gasteiger charge is 2.62. The van der Waals surface area contributed by atoms with E-state index in [1.807, 2.05) is 0 Å². The second kappa shape index (κ2) is 10.3. The van der Waals surface area contributed by atoms with Gasteiger partial charge in [0.05, 0.1) is 0 Å². The molecule has 0 saturated carbocycles. The molecule has 0 aliphatic carbocycles. The van der Waals surface area contributed by atoms with Crippen LogP contribution in [0.4, 0.5) is 13.2 Å². The number of carbonyl (C=O) groups excluding carboxylic acids is 1. The zero-order valence-corrected chi connectivity index (χ0v) is 15.0. The minimum absolute atomic E-state index is 2.23. The number of rotatable bonds is 15. The van der Waals surface area contributed by atoms with Gasteiger partial charge in [0, 0.05) is 0 Å². The lowest BCUT2D eigenvalue weighted by Gasteiger charge is -2.18. The molecule has 33 heavy (non-hydrogen) atoms. The number of ether oxygens (including phenoxy) is 3. The van der Waals surface area contributed by atoms with Gasteiger partial charge in [0.1, 0.15) is 29.5 Å². The van der Waals surface area contributed by atoms with E-state index in [0.29, 0.717) is 0 Å². The number of halogens is 3. The van der Waals surface area contributed by atoms with Crippen LogP contribution in [-0.2, 0) is 19.0 Å². The van der Waals surface area contributed by atoms with Crippen molar-refractivity contribution in [1.82, 2.24) is 0 Å². The summed E-state index contributed by atoms with van der Waals surface area (Å²) in [7, 11) is 0. The average molecular weight is 500 g/mol. The maximum atomic E-state index is 13.7. The topological polar surface area (TPSA) is 304 Å². The van der Waals surface area contributed by atoms with Gasteiger partial charge in [-0.2, -0.15) is 0 Å². The van der Waals surface area contributed by atoms with Crippen molar-refractivity contribution in [3.63, 3.8) is 0 Å². The molecule has 0 radical (unpaired) electrons. The first kappa shape index (κ1) is 28.6. The summed E-state index contributed by atoms with van der Waals surface area (Å²) in [4.78, 5) is 61.0. The third-order valence-corrected chi connectivity index (χ3v) is 3.11. The number of carbonyl (C=O) groups is 1. The molecule has 0 fully saturated rings. The molecule has 0 aromatic carbocycles. The molecule has 0 spiro atoms. The molecule has 186 valence electrons. The fourth-order valence-electron chi connectivity index (χ4n) is 1.29. The summed E-state index contributed by atoms with van der Waals surface area (Å²) in [6, 6.07) is 0. The van der Waals surface area contributed by atoms with Gasteiger partial charge < -0.3 is 14.2 Å². The van der Waals surface area contributed by atoms with E-state index in [4.69, 9.17) is 0 Å². The molecule has 25 heteroatoms. The molecule has 22 nitrogen and oxygen atoms in total. The zero-order valence-electron chi connectivity index (χ0n) is 15.0. The number of esters is 1. The maximum Gasteiger partial charge on any atom is 0.648 e. The van der Waals surface area contributed by atoms with Crippen LogP contribution in [0, 0.1) is 60.7 Å². The van der Waals surface area contributed by atoms with E-state index >= 15 is 0 Å². The van der Waals surface area contributed by atoms with Crippen molar-refractivity contribution in [1.29, 1.82) is 0 Å². The van der Waals surface area contributed by atoms with Gasteiger partial charge in [-0.25, -0.2) is 4.79 Å². The van der Waals surface area contributed by atoms with Gasteiger partial charge in [-0.1, -0.05) is 13.2 Å². The van der Waals surface area contributed by atoms with Gasteiger partial charge in [-0.3, -0.25) is 60.7 Å². The van der Waals surface area contributed by atoms with E-state index in [2.05, 4.69) is 14.2 Å². The Morgan fingerprint density at radius 1 is 0.606 bits per heavy atom. The molecule has 0 rings (SSSR count). The van der Waals surface area contributed by atoms with E-state index in [-0.39, 0.29) is 0 Å². The molecule has 0 aromatic heterocycles. The summed E-state index contributed by atoms with van der Waals surface area (Å²) in [6.45, 7) is -7.30. The largest absolute Gasteiger partial charge is 0.648 e. The number of hydrogen-bond acceptors (Lipinski definition) is 16. The van der Waals surface area contributed by atoms with E-state index in [1.165, 1.54) is 0 Å². The van der Waals surface area contributed by atoms with Gasteiger partial charge in [0.15, 0.2) is 0 Å². The smallest absolute Gasteiger partial charge is 0.442 e. The Bertz CT molecular complexity index is 783. The second-order valence-electron chi connectivity index (χ2n) is 5.26. The fraction of sp³-hybridized carbons (Fsp3) is 0.875. The summed E-state index contributed by atoms with van der Waals surface area (Å²) in [5.41, 5.74) is 0. The van der Waals surface area contributed by atoms with Crippen molar-refractivity contribution < 1.29 is 61.7 Å². The maximum absolute atomic E-state index is 13.7. The third kappa shape index (κ3) is 6.29. The number of nitrogens with zero attached hydrogens (tertiary/aromatic N) is 6. The van der Waals surface area contributed by atoms with Crippen molar-refractivity contribution in [2.75, 3.05) is 19.8 Å². The lowest BCUT2D eigenvalue weighted by molar-refractivity contribution is -0.836. The van der Waals surface area contributed by atoms with Gasteiger partial charge in [-0.05, 0) is 0 Å². The lowest BCUT2D eigenvalue weighted by Crippen LogP contribution is -2.51. The zero-order chi connectivity index (χ0) is 26.4. The molecule has 0 amide bonds. The third-order valence-electron chi connectivity index (χ3n) is 3.11. The Kier molecular flexibility index (Phi) is 8.89. The van der Waals surface area contributed by atoms with Gasteiger partial charge in [0.2, 0.25) is 13.2 Å². The van der Waals surface area contributed by atoms with Crippen LogP contribution >= 0.6 is 0 Å². The highest BCUT2D eigenvalue weighted by Crippen LogP contribution is 2.20. The summed E-state index contributed by atoms with van der Waals surface area (Å²) < 4.78 is 52.5. The fourth-order valence-corrected chi connectivity index (χ4v) is 1.29. The summed E-state index contributed by atoms with van der Waals surface area (Å²) >= 11 is 0. The van der Waals surface area contributed by atoms with Gasteiger partial charge >= 0.3 is 23.7 Å². The normalized spacial score (nSPS) is 12.1. The molecule has 0 unspecified atom stereocenters. The number of nitro groups is 6. The molecule has 0 saturated heterocycles. The summed E-state index contributed by atoms with van der Waals surface area (Å²) in [6.07, 6.45) is -3.32. The molecule has 0 N–H and O–H groups in total. The summed E-state index contributed by atoms with van der Waals surface area (Å²) in [5.74, 6) is -16.8. The SMILES string of the molecule is O=C(OCC(F)([N+](=O)[O-])[N+](=O)[O-])C(OCC(F)([N+](=O)[O-])[N+](=O)[O-])OCC(F)([N+](=O)[O-])[N+](=O)[O-]. The van der Waals surface area contributed by atoms with Crippen LogP contribution in [0.25, 0.3) is 0 Å². The molecule has 0 bridgehead atoms. The van der Waals surface area contributed by atoms with E-state index < -0.39 is 79.4 Å². The molecular formula is C8H7F3N6O16. The molecule has 0 aliphatic heterocycles. The first-order valence-electron chi connectivity index (χ1n) is 7.19. The molecule has 0 heterocycles. The van der Waals surface area contributed by atoms with Gasteiger partial charge in [-0.15, -0.1) is 0 Å². The van der Waals surface area contributed by atoms with Crippen molar-refractivity contribution in [3.05, 3.63) is 60.7 Å². The molecule has 0 aliphatic rings. The number of alkyl halides is 3. The first-order chi connectivity index (χ1) is 14.9. The van der Waals surface area contributed by atoms with Gasteiger partial charge in [0.25, 0.3) is 12.9 Å². The Morgan fingerprint density at radius 3 is 1.09 bits per heavy atom. The van der Waals surface area contributed by atoms with Crippen LogP contribution in [0.5, 0.6) is 0 Å². The Morgan fingerprint density at radius 2 is 0.848 bits per heavy atom. The van der Waals surface area contributed by atoms with Crippen LogP contribution in [0.3, 0.4) is 0 Å². The second-order valence-corrected chi connectivity index (χ2v) is 5.26. The molecule has 0 atom stereocenters. The Labute approximate surface area is 173 Å². The minimum Gasteiger partial charge on any atom is -0.442 e. The van der Waals surface area contributed by atoms with Crippen LogP contribution < -0.4 is 0 Å². The van der Waals surface area contributed by atoms with Crippen molar-refractivity contribution in [2.24, 2.45) is 0 Å². The lowest BCUT2D eigenvalue weighted by atomic mass is 10.4. The first-order valence-corrected chi connectivity index (χ1v) is 7.19. The van der Waals surface area contributed by atoms with Crippen LogP contribution in [0.15, 0.2) is 0 Å². The average Bonchev–Trinajstić information content (AvgIpc) is 2.69. The minimum atomic E-state index is -4.77. The van der Waals surface area contributed by atoms with Crippen molar-refractivity contribution >= 4 is 5.97 Å².